The molecule has 1 heterocycles. The lowest BCUT2D eigenvalue weighted by Gasteiger charge is -2.18. The van der Waals surface area contributed by atoms with Crippen molar-refractivity contribution in [2.75, 3.05) is 14.2 Å². The van der Waals surface area contributed by atoms with Crippen molar-refractivity contribution in [1.29, 1.82) is 0 Å². The molecule has 2 aromatic rings. The van der Waals surface area contributed by atoms with Crippen molar-refractivity contribution in [3.8, 4) is 11.5 Å². The minimum absolute atomic E-state index is 0.223. The highest BCUT2D eigenvalue weighted by Crippen LogP contribution is 2.29. The minimum atomic E-state index is -0.223. The molecule has 0 spiro atoms. The molecule has 5 heteroatoms. The van der Waals surface area contributed by atoms with Crippen molar-refractivity contribution >= 4 is 0 Å². The summed E-state index contributed by atoms with van der Waals surface area (Å²) in [6.07, 6.45) is 1.77. The molecule has 106 valence electrons. The van der Waals surface area contributed by atoms with E-state index in [1.54, 1.807) is 20.4 Å². The lowest BCUT2D eigenvalue weighted by atomic mass is 10.0. The van der Waals surface area contributed by atoms with Crippen LogP contribution in [0.5, 0.6) is 11.5 Å². The highest BCUT2D eigenvalue weighted by Gasteiger charge is 2.16. The number of hydrazine groups is 1. The van der Waals surface area contributed by atoms with Gasteiger partial charge in [-0.1, -0.05) is 0 Å². The van der Waals surface area contributed by atoms with E-state index in [-0.39, 0.29) is 6.04 Å². The van der Waals surface area contributed by atoms with E-state index in [9.17, 15) is 0 Å². The molecule has 0 saturated heterocycles. The molecule has 0 aliphatic carbocycles. The molecule has 1 unspecified atom stereocenters. The van der Waals surface area contributed by atoms with Crippen LogP contribution in [0.2, 0.25) is 0 Å². The predicted molar refractivity (Wildman–Crippen MR) is 77.7 cm³/mol. The van der Waals surface area contributed by atoms with Gasteiger partial charge in [-0.05, 0) is 42.3 Å². The maximum atomic E-state index is 5.70. The van der Waals surface area contributed by atoms with E-state index in [0.29, 0.717) is 11.5 Å². The first-order valence-electron chi connectivity index (χ1n) is 6.29. The van der Waals surface area contributed by atoms with Crippen LogP contribution in [-0.2, 0) is 0 Å². The molecule has 0 amide bonds. The normalized spacial score (nSPS) is 12.0. The Labute approximate surface area is 118 Å². The fourth-order valence-electron chi connectivity index (χ4n) is 2.07. The Morgan fingerprint density at radius 1 is 1.10 bits per heavy atom. The second kappa shape index (κ2) is 6.36. The second-order valence-corrected chi connectivity index (χ2v) is 4.50. The fourth-order valence-corrected chi connectivity index (χ4v) is 2.07. The smallest absolute Gasteiger partial charge is 0.122 e. The van der Waals surface area contributed by atoms with Crippen LogP contribution in [0.1, 0.15) is 22.9 Å². The van der Waals surface area contributed by atoms with Crippen molar-refractivity contribution in [2.24, 2.45) is 5.84 Å². The van der Waals surface area contributed by atoms with Gasteiger partial charge in [-0.2, -0.15) is 0 Å². The van der Waals surface area contributed by atoms with Gasteiger partial charge in [0.2, 0.25) is 0 Å². The molecule has 0 bridgehead atoms. The standard InChI is InChI=1S/C15H19N3O2/c1-10-4-5-17-14(6-10)15(18-16)11-7-12(19-2)9-13(8-11)20-3/h4-9,15,18H,16H2,1-3H3. The van der Waals surface area contributed by atoms with Gasteiger partial charge in [0, 0.05) is 12.3 Å². The zero-order valence-corrected chi connectivity index (χ0v) is 11.9. The quantitative estimate of drug-likeness (QED) is 0.644. The monoisotopic (exact) mass is 273 g/mol. The Balaban J connectivity index is 2.45. The van der Waals surface area contributed by atoms with Crippen LogP contribution in [0, 0.1) is 6.92 Å². The Morgan fingerprint density at radius 3 is 2.25 bits per heavy atom. The van der Waals surface area contributed by atoms with Crippen molar-refractivity contribution in [1.82, 2.24) is 10.4 Å². The van der Waals surface area contributed by atoms with Gasteiger partial charge in [-0.25, -0.2) is 5.43 Å². The van der Waals surface area contributed by atoms with Crippen LogP contribution in [0.3, 0.4) is 0 Å². The lowest BCUT2D eigenvalue weighted by molar-refractivity contribution is 0.392. The Morgan fingerprint density at radius 2 is 1.75 bits per heavy atom. The molecular weight excluding hydrogens is 254 g/mol. The van der Waals surface area contributed by atoms with Gasteiger partial charge in [0.15, 0.2) is 0 Å². The van der Waals surface area contributed by atoms with Crippen molar-refractivity contribution in [3.63, 3.8) is 0 Å². The number of rotatable bonds is 5. The third-order valence-electron chi connectivity index (χ3n) is 3.11. The van der Waals surface area contributed by atoms with Crippen LogP contribution < -0.4 is 20.7 Å². The molecule has 0 saturated carbocycles. The van der Waals surface area contributed by atoms with E-state index in [0.717, 1.165) is 16.8 Å². The van der Waals surface area contributed by atoms with E-state index in [1.165, 1.54) is 0 Å². The highest BCUT2D eigenvalue weighted by molar-refractivity contribution is 5.42. The van der Waals surface area contributed by atoms with Gasteiger partial charge >= 0.3 is 0 Å². The summed E-state index contributed by atoms with van der Waals surface area (Å²) < 4.78 is 10.6. The van der Waals surface area contributed by atoms with Crippen LogP contribution >= 0.6 is 0 Å². The zero-order chi connectivity index (χ0) is 14.5. The van der Waals surface area contributed by atoms with Crippen LogP contribution in [-0.4, -0.2) is 19.2 Å². The summed E-state index contributed by atoms with van der Waals surface area (Å²) in [5, 5.41) is 0. The number of pyridine rings is 1. The Kier molecular flexibility index (Phi) is 4.55. The van der Waals surface area contributed by atoms with E-state index >= 15 is 0 Å². The molecule has 0 aliphatic heterocycles. The average Bonchev–Trinajstić information content (AvgIpc) is 2.47. The summed E-state index contributed by atoms with van der Waals surface area (Å²) in [7, 11) is 3.24. The fraction of sp³-hybridized carbons (Fsp3) is 0.267. The van der Waals surface area contributed by atoms with Gasteiger partial charge in [-0.3, -0.25) is 10.8 Å². The Hall–Kier alpha value is -2.11. The van der Waals surface area contributed by atoms with Crippen LogP contribution in [0.15, 0.2) is 36.5 Å². The average molecular weight is 273 g/mol. The van der Waals surface area contributed by atoms with Gasteiger partial charge in [0.05, 0.1) is 26.0 Å². The number of aryl methyl sites for hydroxylation is 1. The SMILES string of the molecule is COc1cc(OC)cc(C(NN)c2cc(C)ccn2)c1. The predicted octanol–water partition coefficient (Wildman–Crippen LogP) is 1.96. The number of hydrogen-bond donors (Lipinski definition) is 2. The summed E-state index contributed by atoms with van der Waals surface area (Å²) in [6.45, 7) is 2.02. The topological polar surface area (TPSA) is 69.4 Å². The first-order chi connectivity index (χ1) is 9.67. The van der Waals surface area contributed by atoms with Crippen molar-refractivity contribution < 1.29 is 9.47 Å². The van der Waals surface area contributed by atoms with Crippen molar-refractivity contribution in [2.45, 2.75) is 13.0 Å². The molecule has 2 rings (SSSR count). The number of hydrogen-bond acceptors (Lipinski definition) is 5. The summed E-state index contributed by atoms with van der Waals surface area (Å²) in [6, 6.07) is 9.37. The molecule has 0 fully saturated rings. The molecule has 1 aromatic carbocycles. The summed E-state index contributed by atoms with van der Waals surface area (Å²) >= 11 is 0. The summed E-state index contributed by atoms with van der Waals surface area (Å²) in [4.78, 5) is 4.37. The molecule has 0 radical (unpaired) electrons. The van der Waals surface area contributed by atoms with E-state index in [1.807, 2.05) is 37.3 Å². The number of nitrogens with two attached hydrogens (primary N) is 1. The minimum Gasteiger partial charge on any atom is -0.497 e. The van der Waals surface area contributed by atoms with Gasteiger partial charge < -0.3 is 9.47 Å². The maximum absolute atomic E-state index is 5.70. The lowest BCUT2D eigenvalue weighted by Crippen LogP contribution is -2.29. The molecule has 0 aliphatic rings. The van der Waals surface area contributed by atoms with Gasteiger partial charge in [0.1, 0.15) is 11.5 Å². The number of aromatic nitrogens is 1. The third-order valence-corrected chi connectivity index (χ3v) is 3.11. The molecule has 1 atom stereocenters. The van der Waals surface area contributed by atoms with E-state index in [4.69, 9.17) is 15.3 Å². The first kappa shape index (κ1) is 14.3. The third kappa shape index (κ3) is 3.07. The number of methoxy groups -OCH3 is 2. The molecule has 1 aromatic heterocycles. The number of nitrogens with one attached hydrogen (secondary N) is 1. The number of nitrogens with zero attached hydrogens (tertiary/aromatic N) is 1. The van der Waals surface area contributed by atoms with Crippen LogP contribution in [0.25, 0.3) is 0 Å². The van der Waals surface area contributed by atoms with Crippen LogP contribution in [0.4, 0.5) is 0 Å². The highest BCUT2D eigenvalue weighted by atomic mass is 16.5. The summed E-state index contributed by atoms with van der Waals surface area (Å²) in [5.74, 6) is 7.13. The van der Waals surface area contributed by atoms with E-state index in [2.05, 4.69) is 10.4 Å². The molecule has 20 heavy (non-hydrogen) atoms. The molecule has 3 N–H and O–H groups in total. The number of ether oxygens (including phenoxy) is 2. The molecular formula is C15H19N3O2. The Bertz CT molecular complexity index is 565. The maximum Gasteiger partial charge on any atom is 0.122 e. The number of benzene rings is 1. The van der Waals surface area contributed by atoms with Crippen molar-refractivity contribution in [3.05, 3.63) is 53.3 Å². The zero-order valence-electron chi connectivity index (χ0n) is 11.9. The largest absolute Gasteiger partial charge is 0.497 e. The first-order valence-corrected chi connectivity index (χ1v) is 6.29. The molecule has 5 nitrogen and oxygen atoms in total. The van der Waals surface area contributed by atoms with Gasteiger partial charge in [-0.15, -0.1) is 0 Å². The summed E-state index contributed by atoms with van der Waals surface area (Å²) in [5.41, 5.74) is 5.70. The van der Waals surface area contributed by atoms with Gasteiger partial charge in [0.25, 0.3) is 0 Å². The second-order valence-electron chi connectivity index (χ2n) is 4.50. The van der Waals surface area contributed by atoms with E-state index < -0.39 is 0 Å².